The Hall–Kier alpha value is -1.33. The Kier molecular flexibility index (Phi) is 3.05. The summed E-state index contributed by atoms with van der Waals surface area (Å²) in [5.41, 5.74) is 0.539. The number of hydrogen-bond acceptors (Lipinski definition) is 4. The van der Waals surface area contributed by atoms with E-state index in [0.717, 1.165) is 0 Å². The molecule has 5 nitrogen and oxygen atoms in total. The predicted molar refractivity (Wildman–Crippen MR) is 42.0 cm³/mol. The lowest BCUT2D eigenvalue weighted by Gasteiger charge is -2.04. The smallest absolute Gasteiger partial charge is 0.340 e. The number of aliphatic hydroxyl groups excluding tert-OH is 1. The van der Waals surface area contributed by atoms with Crippen molar-refractivity contribution >= 4 is 5.97 Å². The van der Waals surface area contributed by atoms with Crippen LogP contribution in [-0.4, -0.2) is 23.3 Å². The fourth-order valence-electron chi connectivity index (χ4n) is 0.974. The minimum absolute atomic E-state index is 0.0225. The van der Waals surface area contributed by atoms with Crippen molar-refractivity contribution in [3.8, 4) is 0 Å². The Labute approximate surface area is 74.5 Å². The van der Waals surface area contributed by atoms with Gasteiger partial charge in [0, 0.05) is 12.7 Å². The lowest BCUT2D eigenvalue weighted by atomic mass is 10.2. The van der Waals surface area contributed by atoms with E-state index in [2.05, 4.69) is 0 Å². The van der Waals surface area contributed by atoms with Crippen LogP contribution in [0.3, 0.4) is 0 Å². The third-order valence-corrected chi connectivity index (χ3v) is 1.56. The van der Waals surface area contributed by atoms with E-state index in [-0.39, 0.29) is 12.4 Å². The van der Waals surface area contributed by atoms with Gasteiger partial charge in [-0.15, -0.1) is 0 Å². The fourth-order valence-corrected chi connectivity index (χ4v) is 0.974. The van der Waals surface area contributed by atoms with Crippen LogP contribution in [0.4, 0.5) is 0 Å². The highest BCUT2D eigenvalue weighted by molar-refractivity contribution is 5.73. The van der Waals surface area contributed by atoms with Crippen LogP contribution in [0.15, 0.2) is 16.7 Å². The highest BCUT2D eigenvalue weighted by Gasteiger charge is 2.22. The van der Waals surface area contributed by atoms with Crippen LogP contribution >= 0.6 is 0 Å². The number of carboxylic acid groups (broad SMARTS) is 1. The molecule has 1 rings (SSSR count). The molecule has 1 aromatic rings. The van der Waals surface area contributed by atoms with Crippen LogP contribution in [0.5, 0.6) is 0 Å². The molecule has 0 amide bonds. The van der Waals surface area contributed by atoms with Gasteiger partial charge in [-0.3, -0.25) is 0 Å². The number of aliphatic carboxylic acids is 1. The molecule has 0 aromatic carbocycles. The summed E-state index contributed by atoms with van der Waals surface area (Å²) in [6, 6.07) is 1.56. The quantitative estimate of drug-likeness (QED) is 0.717. The molecule has 0 spiro atoms. The number of carbonyl (C=O) groups is 1. The molecule has 1 aromatic heterocycles. The first-order chi connectivity index (χ1) is 6.16. The Bertz CT molecular complexity index is 290. The first-order valence-corrected chi connectivity index (χ1v) is 3.63. The molecule has 0 bridgehead atoms. The molecule has 1 atom stereocenters. The Morgan fingerprint density at radius 3 is 3.00 bits per heavy atom. The first-order valence-electron chi connectivity index (χ1n) is 3.63. The van der Waals surface area contributed by atoms with Crippen LogP contribution in [0, 0.1) is 0 Å². The van der Waals surface area contributed by atoms with E-state index in [1.807, 2.05) is 0 Å². The van der Waals surface area contributed by atoms with Gasteiger partial charge in [0.2, 0.25) is 6.10 Å². The lowest BCUT2D eigenvalue weighted by Crippen LogP contribution is -2.11. The van der Waals surface area contributed by atoms with Gasteiger partial charge in [-0.25, -0.2) is 4.79 Å². The highest BCUT2D eigenvalue weighted by atomic mass is 16.5. The number of furan rings is 1. The van der Waals surface area contributed by atoms with Gasteiger partial charge in [0.1, 0.15) is 5.76 Å². The second-order valence-electron chi connectivity index (χ2n) is 2.48. The number of rotatable bonds is 4. The molecule has 1 heterocycles. The van der Waals surface area contributed by atoms with Gasteiger partial charge < -0.3 is 19.4 Å². The van der Waals surface area contributed by atoms with Crippen LogP contribution in [-0.2, 0) is 16.1 Å². The van der Waals surface area contributed by atoms with Crippen molar-refractivity contribution in [3.05, 3.63) is 23.7 Å². The van der Waals surface area contributed by atoms with Crippen LogP contribution in [0.2, 0.25) is 0 Å². The number of hydrogen-bond donors (Lipinski definition) is 2. The summed E-state index contributed by atoms with van der Waals surface area (Å²) in [7, 11) is 1.48. The van der Waals surface area contributed by atoms with E-state index in [9.17, 15) is 4.79 Å². The molecule has 2 N–H and O–H groups in total. The largest absolute Gasteiger partial charge is 0.479 e. The maximum absolute atomic E-state index is 10.4. The van der Waals surface area contributed by atoms with Crippen molar-refractivity contribution in [3.63, 3.8) is 0 Å². The molecular weight excluding hydrogens is 176 g/mol. The molecule has 0 aliphatic rings. The summed E-state index contributed by atoms with van der Waals surface area (Å²) in [5, 5.41) is 17.6. The molecule has 0 radical (unpaired) electrons. The zero-order chi connectivity index (χ0) is 9.84. The van der Waals surface area contributed by atoms with Crippen LogP contribution in [0.1, 0.15) is 17.4 Å². The highest BCUT2D eigenvalue weighted by Crippen LogP contribution is 2.20. The van der Waals surface area contributed by atoms with E-state index in [0.29, 0.717) is 5.56 Å². The zero-order valence-corrected chi connectivity index (χ0v) is 7.06. The molecule has 0 aliphatic carbocycles. The molecule has 0 saturated carbocycles. The normalized spacial score (nSPS) is 12.8. The summed E-state index contributed by atoms with van der Waals surface area (Å²) in [5.74, 6) is -1.32. The van der Waals surface area contributed by atoms with Crippen LogP contribution < -0.4 is 0 Å². The van der Waals surface area contributed by atoms with Gasteiger partial charge in [-0.2, -0.15) is 0 Å². The molecule has 13 heavy (non-hydrogen) atoms. The van der Waals surface area contributed by atoms with Crippen molar-refractivity contribution in [2.75, 3.05) is 7.11 Å². The monoisotopic (exact) mass is 186 g/mol. The zero-order valence-electron chi connectivity index (χ0n) is 7.06. The van der Waals surface area contributed by atoms with E-state index < -0.39 is 12.1 Å². The van der Waals surface area contributed by atoms with Gasteiger partial charge in [0.15, 0.2) is 0 Å². The maximum atomic E-state index is 10.4. The maximum Gasteiger partial charge on any atom is 0.340 e. The van der Waals surface area contributed by atoms with Crippen molar-refractivity contribution in [2.24, 2.45) is 0 Å². The van der Waals surface area contributed by atoms with Gasteiger partial charge in [0.25, 0.3) is 0 Å². The molecule has 0 aliphatic heterocycles. The SMILES string of the molecule is COCc1ccoc1C(O)C(=O)O. The Balaban J connectivity index is 2.86. The molecule has 1 unspecified atom stereocenters. The number of carboxylic acids is 1. The number of ether oxygens (including phenoxy) is 1. The summed E-state index contributed by atoms with van der Waals surface area (Å²) in [6.45, 7) is 0.218. The van der Waals surface area contributed by atoms with E-state index >= 15 is 0 Å². The minimum atomic E-state index is -1.62. The number of methoxy groups -OCH3 is 1. The van der Waals surface area contributed by atoms with Crippen molar-refractivity contribution in [2.45, 2.75) is 12.7 Å². The van der Waals surface area contributed by atoms with E-state index in [1.165, 1.54) is 13.4 Å². The van der Waals surface area contributed by atoms with Crippen molar-refractivity contribution in [1.29, 1.82) is 0 Å². The summed E-state index contributed by atoms with van der Waals surface area (Å²) < 4.78 is 9.62. The van der Waals surface area contributed by atoms with Gasteiger partial charge >= 0.3 is 5.97 Å². The average Bonchev–Trinajstić information content (AvgIpc) is 2.52. The molecule has 0 saturated heterocycles. The molecule has 72 valence electrons. The van der Waals surface area contributed by atoms with Crippen molar-refractivity contribution in [1.82, 2.24) is 0 Å². The second kappa shape index (κ2) is 4.06. The summed E-state index contributed by atoms with van der Waals surface area (Å²) in [6.07, 6.45) is -0.310. The Morgan fingerprint density at radius 2 is 2.46 bits per heavy atom. The van der Waals surface area contributed by atoms with Crippen molar-refractivity contribution < 1.29 is 24.2 Å². The summed E-state index contributed by atoms with van der Waals surface area (Å²) >= 11 is 0. The van der Waals surface area contributed by atoms with Gasteiger partial charge in [0.05, 0.1) is 12.9 Å². The molecule has 0 fully saturated rings. The van der Waals surface area contributed by atoms with Crippen LogP contribution in [0.25, 0.3) is 0 Å². The topological polar surface area (TPSA) is 79.9 Å². The average molecular weight is 186 g/mol. The third-order valence-electron chi connectivity index (χ3n) is 1.56. The predicted octanol–water partition coefficient (Wildman–Crippen LogP) is 0.544. The van der Waals surface area contributed by atoms with Gasteiger partial charge in [-0.05, 0) is 6.07 Å². The summed E-state index contributed by atoms with van der Waals surface area (Å²) in [4.78, 5) is 10.4. The minimum Gasteiger partial charge on any atom is -0.479 e. The molecular formula is C8H10O5. The Morgan fingerprint density at radius 1 is 1.77 bits per heavy atom. The fraction of sp³-hybridized carbons (Fsp3) is 0.375. The second-order valence-corrected chi connectivity index (χ2v) is 2.48. The molecule has 5 heteroatoms. The lowest BCUT2D eigenvalue weighted by molar-refractivity contribution is -0.147. The number of aliphatic hydroxyl groups is 1. The third kappa shape index (κ3) is 2.07. The van der Waals surface area contributed by atoms with E-state index in [4.69, 9.17) is 19.4 Å². The van der Waals surface area contributed by atoms with E-state index in [1.54, 1.807) is 6.07 Å². The standard InChI is InChI=1S/C8H10O5/c1-12-4-5-2-3-13-7(5)6(9)8(10)11/h2-3,6,9H,4H2,1H3,(H,10,11). The first kappa shape index (κ1) is 9.76. The van der Waals surface area contributed by atoms with Gasteiger partial charge in [-0.1, -0.05) is 0 Å².